The molecule has 0 saturated heterocycles. The predicted octanol–water partition coefficient (Wildman–Crippen LogP) is 21.8. The Bertz CT molecular complexity index is 1170. The number of hydrogen-bond donors (Lipinski definition) is 3. The van der Waals surface area contributed by atoms with Gasteiger partial charge < -0.3 is 20.3 Å². The molecule has 2 atom stereocenters. The van der Waals surface area contributed by atoms with Crippen molar-refractivity contribution in [3.63, 3.8) is 0 Å². The Hall–Kier alpha value is -1.66. The van der Waals surface area contributed by atoms with E-state index in [1.54, 1.807) is 6.08 Å². The number of rotatable bonds is 64. The summed E-state index contributed by atoms with van der Waals surface area (Å²) in [7, 11) is 0. The summed E-state index contributed by atoms with van der Waals surface area (Å²) in [6, 6.07) is -0.641. The highest BCUT2D eigenvalue weighted by molar-refractivity contribution is 5.76. The monoisotopic (exact) mass is 1060 g/mol. The van der Waals surface area contributed by atoms with E-state index >= 15 is 0 Å². The van der Waals surface area contributed by atoms with E-state index in [1.165, 1.54) is 283 Å². The zero-order valence-electron chi connectivity index (χ0n) is 50.8. The van der Waals surface area contributed by atoms with Crippen molar-refractivity contribution >= 4 is 11.9 Å². The summed E-state index contributed by atoms with van der Waals surface area (Å²) in [6.07, 6.45) is 81.0. The third-order valence-corrected chi connectivity index (χ3v) is 16.0. The molecule has 3 N–H and O–H groups in total. The number of aliphatic hydroxyl groups is 2. The summed E-state index contributed by atoms with van der Waals surface area (Å²) < 4.78 is 5.49. The molecular formula is C69H133NO5. The van der Waals surface area contributed by atoms with Crippen molar-refractivity contribution in [3.05, 3.63) is 24.3 Å². The van der Waals surface area contributed by atoms with Crippen molar-refractivity contribution in [3.8, 4) is 0 Å². The van der Waals surface area contributed by atoms with Crippen LogP contribution >= 0.6 is 0 Å². The fraction of sp³-hybridized carbons (Fsp3) is 0.913. The second-order valence-corrected chi connectivity index (χ2v) is 23.5. The molecule has 0 aliphatic rings. The highest BCUT2D eigenvalue weighted by Gasteiger charge is 2.18. The molecule has 0 saturated carbocycles. The first-order valence-electron chi connectivity index (χ1n) is 34.1. The molecule has 444 valence electrons. The number of carbonyl (C=O) groups excluding carboxylic acids is 2. The van der Waals surface area contributed by atoms with E-state index in [-0.39, 0.29) is 18.5 Å². The standard InChI is InChI=1S/C69H133NO5/c1-3-5-7-9-11-13-15-17-19-21-23-24-25-26-27-29-30-33-37-41-45-49-53-57-61-67(72)66(65-71)70-68(73)62-58-54-50-46-42-38-34-32-36-40-44-48-52-56-60-64-75-69(74)63-59-55-51-47-43-39-35-31-28-22-20-18-16-14-12-10-8-6-4-2/h36,40,57,61,66-67,71-72H,3-35,37-39,41-56,58-60,62-65H2,1-2H3,(H,70,73)/b40-36-,61-57+. The van der Waals surface area contributed by atoms with Crippen molar-refractivity contribution in [1.29, 1.82) is 0 Å². The summed E-state index contributed by atoms with van der Waals surface area (Å²) in [5.74, 6) is -0.0843. The molecule has 2 unspecified atom stereocenters. The number of hydrogen-bond acceptors (Lipinski definition) is 5. The molecule has 0 radical (unpaired) electrons. The van der Waals surface area contributed by atoms with Gasteiger partial charge in [0.2, 0.25) is 5.91 Å². The topological polar surface area (TPSA) is 95.9 Å². The van der Waals surface area contributed by atoms with E-state index in [2.05, 4.69) is 31.3 Å². The minimum Gasteiger partial charge on any atom is -0.466 e. The average Bonchev–Trinajstić information content (AvgIpc) is 3.41. The van der Waals surface area contributed by atoms with Gasteiger partial charge in [-0.3, -0.25) is 9.59 Å². The van der Waals surface area contributed by atoms with Crippen LogP contribution in [0.1, 0.15) is 380 Å². The van der Waals surface area contributed by atoms with Crippen LogP contribution in [0.15, 0.2) is 24.3 Å². The van der Waals surface area contributed by atoms with Gasteiger partial charge in [-0.15, -0.1) is 0 Å². The fourth-order valence-electron chi connectivity index (χ4n) is 10.7. The first-order chi connectivity index (χ1) is 37.0. The number of aliphatic hydroxyl groups excluding tert-OH is 2. The lowest BCUT2D eigenvalue weighted by Gasteiger charge is -2.20. The van der Waals surface area contributed by atoms with E-state index in [0.717, 1.165) is 70.6 Å². The van der Waals surface area contributed by atoms with Crippen LogP contribution in [0.5, 0.6) is 0 Å². The van der Waals surface area contributed by atoms with Gasteiger partial charge in [-0.2, -0.15) is 0 Å². The van der Waals surface area contributed by atoms with Gasteiger partial charge in [0.15, 0.2) is 0 Å². The normalized spacial score (nSPS) is 12.6. The lowest BCUT2D eigenvalue weighted by molar-refractivity contribution is -0.143. The predicted molar refractivity (Wildman–Crippen MR) is 329 cm³/mol. The average molecular weight is 1060 g/mol. The Morgan fingerprint density at radius 3 is 0.947 bits per heavy atom. The molecule has 0 aliphatic carbocycles. The number of carbonyl (C=O) groups is 2. The van der Waals surface area contributed by atoms with Crippen LogP contribution in [0.3, 0.4) is 0 Å². The summed E-state index contributed by atoms with van der Waals surface area (Å²) in [6.45, 7) is 4.91. The Balaban J connectivity index is 3.46. The third kappa shape index (κ3) is 61.4. The quantitative estimate of drug-likeness (QED) is 0.0320. The molecule has 6 nitrogen and oxygen atoms in total. The van der Waals surface area contributed by atoms with Crippen molar-refractivity contribution in [2.24, 2.45) is 0 Å². The minimum absolute atomic E-state index is 0.00539. The molecule has 1 amide bonds. The van der Waals surface area contributed by atoms with Gasteiger partial charge >= 0.3 is 5.97 Å². The van der Waals surface area contributed by atoms with Crippen LogP contribution in [0.4, 0.5) is 0 Å². The molecule has 0 fully saturated rings. The largest absolute Gasteiger partial charge is 0.466 e. The maximum absolute atomic E-state index is 12.5. The Kier molecular flexibility index (Phi) is 63.4. The molecule has 0 heterocycles. The molecular weight excluding hydrogens is 923 g/mol. The molecule has 0 aliphatic heterocycles. The van der Waals surface area contributed by atoms with Crippen LogP contribution in [0, 0.1) is 0 Å². The van der Waals surface area contributed by atoms with Gasteiger partial charge in [0, 0.05) is 12.8 Å². The van der Waals surface area contributed by atoms with Crippen molar-refractivity contribution in [1.82, 2.24) is 5.32 Å². The molecule has 0 aromatic heterocycles. The van der Waals surface area contributed by atoms with Gasteiger partial charge in [-0.25, -0.2) is 0 Å². The van der Waals surface area contributed by atoms with Gasteiger partial charge in [-0.05, 0) is 57.8 Å². The number of allylic oxidation sites excluding steroid dienone is 3. The lowest BCUT2D eigenvalue weighted by atomic mass is 10.0. The van der Waals surface area contributed by atoms with E-state index < -0.39 is 12.1 Å². The van der Waals surface area contributed by atoms with Crippen molar-refractivity contribution in [2.75, 3.05) is 13.2 Å². The first-order valence-corrected chi connectivity index (χ1v) is 34.1. The molecule has 0 aromatic rings. The van der Waals surface area contributed by atoms with Crippen LogP contribution in [-0.4, -0.2) is 47.4 Å². The lowest BCUT2D eigenvalue weighted by Crippen LogP contribution is -2.45. The number of nitrogens with one attached hydrogen (secondary N) is 1. The van der Waals surface area contributed by atoms with Gasteiger partial charge in [0.25, 0.3) is 0 Å². The number of esters is 1. The molecule has 0 bridgehead atoms. The summed E-state index contributed by atoms with van der Waals surface area (Å²) >= 11 is 0. The molecule has 0 aromatic carbocycles. The molecule has 0 rings (SSSR count). The van der Waals surface area contributed by atoms with Gasteiger partial charge in [0.1, 0.15) is 0 Å². The van der Waals surface area contributed by atoms with Gasteiger partial charge in [-0.1, -0.05) is 334 Å². The summed E-state index contributed by atoms with van der Waals surface area (Å²) in [5.41, 5.74) is 0. The van der Waals surface area contributed by atoms with Crippen LogP contribution in [0.2, 0.25) is 0 Å². The first kappa shape index (κ1) is 73.3. The number of unbranched alkanes of at least 4 members (excludes halogenated alkanes) is 51. The van der Waals surface area contributed by atoms with Crippen molar-refractivity contribution < 1.29 is 24.5 Å². The molecule has 0 spiro atoms. The van der Waals surface area contributed by atoms with E-state index in [4.69, 9.17) is 4.74 Å². The number of ether oxygens (including phenoxy) is 1. The second-order valence-electron chi connectivity index (χ2n) is 23.5. The van der Waals surface area contributed by atoms with Crippen LogP contribution < -0.4 is 5.32 Å². The summed E-state index contributed by atoms with van der Waals surface area (Å²) in [4.78, 5) is 24.6. The highest BCUT2D eigenvalue weighted by atomic mass is 16.5. The van der Waals surface area contributed by atoms with E-state index in [1.807, 2.05) is 6.08 Å². The Morgan fingerprint density at radius 1 is 0.360 bits per heavy atom. The van der Waals surface area contributed by atoms with Crippen LogP contribution in [0.25, 0.3) is 0 Å². The maximum atomic E-state index is 12.5. The maximum Gasteiger partial charge on any atom is 0.305 e. The zero-order valence-corrected chi connectivity index (χ0v) is 50.8. The Morgan fingerprint density at radius 2 is 0.627 bits per heavy atom. The smallest absolute Gasteiger partial charge is 0.305 e. The second kappa shape index (κ2) is 64.9. The van der Waals surface area contributed by atoms with Gasteiger partial charge in [0.05, 0.1) is 25.4 Å². The summed E-state index contributed by atoms with van der Waals surface area (Å²) in [5, 5.41) is 23.2. The molecule has 6 heteroatoms. The highest BCUT2D eigenvalue weighted by Crippen LogP contribution is 2.18. The van der Waals surface area contributed by atoms with E-state index in [9.17, 15) is 19.8 Å². The number of amides is 1. The van der Waals surface area contributed by atoms with Crippen LogP contribution in [-0.2, 0) is 14.3 Å². The minimum atomic E-state index is -0.856. The zero-order chi connectivity index (χ0) is 54.3. The fourth-order valence-corrected chi connectivity index (χ4v) is 10.7. The van der Waals surface area contributed by atoms with Crippen molar-refractivity contribution in [2.45, 2.75) is 392 Å². The SMILES string of the molecule is CCCCCCCCCCCCCCCCCCCCCCCC/C=C/C(O)C(CO)NC(=O)CCCCCCCCC/C=C\CCCCCCOC(=O)CCCCCCCCCCCCCCCCCCCCC. The Labute approximate surface area is 469 Å². The van der Waals surface area contributed by atoms with E-state index in [0.29, 0.717) is 19.4 Å². The third-order valence-electron chi connectivity index (χ3n) is 16.0. The molecule has 75 heavy (non-hydrogen) atoms.